The number of thioether (sulfide) groups is 1. The first-order valence-corrected chi connectivity index (χ1v) is 6.86. The Bertz CT molecular complexity index is 357. The van der Waals surface area contributed by atoms with Crippen molar-refractivity contribution in [2.45, 2.75) is 18.1 Å². The van der Waals surface area contributed by atoms with Gasteiger partial charge in [-0.2, -0.15) is 11.8 Å². The van der Waals surface area contributed by atoms with Gasteiger partial charge in [-0.25, -0.2) is 0 Å². The van der Waals surface area contributed by atoms with Crippen molar-refractivity contribution in [2.24, 2.45) is 0 Å². The maximum absolute atomic E-state index is 3.40. The summed E-state index contributed by atoms with van der Waals surface area (Å²) in [7, 11) is 0. The van der Waals surface area contributed by atoms with Crippen molar-refractivity contribution in [3.8, 4) is 11.8 Å². The summed E-state index contributed by atoms with van der Waals surface area (Å²) in [6.07, 6.45) is 2.75. The molecule has 0 bridgehead atoms. The highest BCUT2D eigenvalue weighted by Crippen LogP contribution is 2.24. The van der Waals surface area contributed by atoms with E-state index in [2.05, 4.69) is 28.9 Å². The predicted molar refractivity (Wildman–Crippen MR) is 71.7 cm³/mol. The standard InChI is InChI=1S/C14H17NS/c1-2-6-13(7-3-1)8-4-10-15-12-14-9-5-11-16-14/h1-3,6-7,14-15H,5,9-12H2. The molecule has 1 N–H and O–H groups in total. The lowest BCUT2D eigenvalue weighted by Crippen LogP contribution is -2.23. The van der Waals surface area contributed by atoms with Crippen molar-refractivity contribution in [2.75, 3.05) is 18.8 Å². The van der Waals surface area contributed by atoms with Gasteiger partial charge >= 0.3 is 0 Å². The number of rotatable bonds is 3. The van der Waals surface area contributed by atoms with E-state index < -0.39 is 0 Å². The SMILES string of the molecule is C(#Cc1ccccc1)CNCC1CCCS1. The van der Waals surface area contributed by atoms with Crippen LogP contribution in [-0.4, -0.2) is 24.1 Å². The second-order valence-electron chi connectivity index (χ2n) is 3.93. The van der Waals surface area contributed by atoms with Gasteiger partial charge < -0.3 is 5.32 Å². The van der Waals surface area contributed by atoms with Crippen molar-refractivity contribution in [1.82, 2.24) is 5.32 Å². The molecule has 1 saturated heterocycles. The number of hydrogen-bond donors (Lipinski definition) is 1. The minimum absolute atomic E-state index is 0.798. The highest BCUT2D eigenvalue weighted by molar-refractivity contribution is 8.00. The van der Waals surface area contributed by atoms with Gasteiger partial charge in [-0.05, 0) is 30.7 Å². The molecule has 0 radical (unpaired) electrons. The maximum Gasteiger partial charge on any atom is 0.0580 e. The van der Waals surface area contributed by atoms with E-state index in [1.54, 1.807) is 0 Å². The average Bonchev–Trinajstić information content (AvgIpc) is 2.83. The molecular formula is C14H17NS. The quantitative estimate of drug-likeness (QED) is 0.634. The molecule has 1 aliphatic rings. The largest absolute Gasteiger partial charge is 0.305 e. The van der Waals surface area contributed by atoms with Crippen LogP contribution in [0.3, 0.4) is 0 Å². The Morgan fingerprint density at radius 2 is 2.19 bits per heavy atom. The van der Waals surface area contributed by atoms with Gasteiger partial charge in [0, 0.05) is 17.4 Å². The van der Waals surface area contributed by atoms with Crippen LogP contribution in [0.1, 0.15) is 18.4 Å². The smallest absolute Gasteiger partial charge is 0.0580 e. The molecule has 0 spiro atoms. The van der Waals surface area contributed by atoms with Gasteiger partial charge in [-0.3, -0.25) is 0 Å². The van der Waals surface area contributed by atoms with E-state index in [1.807, 2.05) is 30.3 Å². The van der Waals surface area contributed by atoms with Gasteiger partial charge in [-0.1, -0.05) is 30.0 Å². The lowest BCUT2D eigenvalue weighted by Gasteiger charge is -2.06. The summed E-state index contributed by atoms with van der Waals surface area (Å²) >= 11 is 2.09. The molecular weight excluding hydrogens is 214 g/mol. The van der Waals surface area contributed by atoms with Gasteiger partial charge in [0.2, 0.25) is 0 Å². The third kappa shape index (κ3) is 3.92. The van der Waals surface area contributed by atoms with Crippen molar-refractivity contribution >= 4 is 11.8 Å². The molecule has 16 heavy (non-hydrogen) atoms. The van der Waals surface area contributed by atoms with E-state index in [4.69, 9.17) is 0 Å². The van der Waals surface area contributed by atoms with E-state index >= 15 is 0 Å². The Labute approximate surface area is 102 Å². The minimum Gasteiger partial charge on any atom is -0.305 e. The summed E-state index contributed by atoms with van der Waals surface area (Å²) in [5.41, 5.74) is 1.10. The first-order chi connectivity index (χ1) is 7.95. The number of benzene rings is 1. The fourth-order valence-corrected chi connectivity index (χ4v) is 3.00. The molecule has 84 valence electrons. The van der Waals surface area contributed by atoms with Crippen molar-refractivity contribution in [1.29, 1.82) is 0 Å². The highest BCUT2D eigenvalue weighted by atomic mass is 32.2. The van der Waals surface area contributed by atoms with Crippen LogP contribution in [0.2, 0.25) is 0 Å². The number of hydrogen-bond acceptors (Lipinski definition) is 2. The van der Waals surface area contributed by atoms with Crippen LogP contribution in [0.15, 0.2) is 30.3 Å². The van der Waals surface area contributed by atoms with Crippen LogP contribution in [-0.2, 0) is 0 Å². The molecule has 1 unspecified atom stereocenters. The Morgan fingerprint density at radius 1 is 1.31 bits per heavy atom. The summed E-state index contributed by atoms with van der Waals surface area (Å²) in [6, 6.07) is 10.1. The van der Waals surface area contributed by atoms with Crippen LogP contribution in [0.25, 0.3) is 0 Å². The maximum atomic E-state index is 3.40. The molecule has 2 heteroatoms. The highest BCUT2D eigenvalue weighted by Gasteiger charge is 2.13. The third-order valence-corrected chi connectivity index (χ3v) is 4.01. The van der Waals surface area contributed by atoms with Crippen molar-refractivity contribution in [3.63, 3.8) is 0 Å². The fraction of sp³-hybridized carbons (Fsp3) is 0.429. The van der Waals surface area contributed by atoms with E-state index in [-0.39, 0.29) is 0 Å². The van der Waals surface area contributed by atoms with Gasteiger partial charge in [0.1, 0.15) is 0 Å². The van der Waals surface area contributed by atoms with Crippen LogP contribution in [0.4, 0.5) is 0 Å². The van der Waals surface area contributed by atoms with Gasteiger partial charge in [0.15, 0.2) is 0 Å². The first-order valence-electron chi connectivity index (χ1n) is 5.81. The van der Waals surface area contributed by atoms with Gasteiger partial charge in [-0.15, -0.1) is 0 Å². The zero-order valence-corrected chi connectivity index (χ0v) is 10.2. The molecule has 2 rings (SSSR count). The molecule has 1 aromatic carbocycles. The summed E-state index contributed by atoms with van der Waals surface area (Å²) in [6.45, 7) is 1.90. The lowest BCUT2D eigenvalue weighted by molar-refractivity contribution is 0.688. The van der Waals surface area contributed by atoms with E-state index in [1.165, 1.54) is 18.6 Å². The number of nitrogens with one attached hydrogen (secondary N) is 1. The summed E-state index contributed by atoms with van der Waals surface area (Å²) < 4.78 is 0. The molecule has 0 saturated carbocycles. The topological polar surface area (TPSA) is 12.0 Å². The van der Waals surface area contributed by atoms with E-state index in [0.29, 0.717) is 0 Å². The molecule has 0 aromatic heterocycles. The van der Waals surface area contributed by atoms with Gasteiger partial charge in [0.25, 0.3) is 0 Å². The molecule has 1 fully saturated rings. The van der Waals surface area contributed by atoms with Gasteiger partial charge in [0.05, 0.1) is 6.54 Å². The Kier molecular flexibility index (Phi) is 4.79. The predicted octanol–water partition coefficient (Wildman–Crippen LogP) is 2.52. The van der Waals surface area contributed by atoms with Crippen molar-refractivity contribution in [3.05, 3.63) is 35.9 Å². The Morgan fingerprint density at radius 3 is 2.94 bits per heavy atom. The Hall–Kier alpha value is -0.910. The first kappa shape index (κ1) is 11.6. The fourth-order valence-electron chi connectivity index (χ4n) is 1.77. The third-order valence-electron chi connectivity index (χ3n) is 2.62. The second kappa shape index (κ2) is 6.62. The molecule has 0 aliphatic carbocycles. The molecule has 1 aromatic rings. The average molecular weight is 231 g/mol. The van der Waals surface area contributed by atoms with E-state index in [0.717, 1.165) is 23.9 Å². The summed E-state index contributed by atoms with van der Waals surface area (Å²) in [4.78, 5) is 0. The lowest BCUT2D eigenvalue weighted by atomic mass is 10.2. The normalized spacial score (nSPS) is 19.1. The van der Waals surface area contributed by atoms with Crippen molar-refractivity contribution < 1.29 is 0 Å². The Balaban J connectivity index is 1.66. The summed E-state index contributed by atoms with van der Waals surface area (Å²) in [5, 5.41) is 4.22. The van der Waals surface area contributed by atoms with Crippen LogP contribution >= 0.6 is 11.8 Å². The zero-order valence-electron chi connectivity index (χ0n) is 9.41. The molecule has 1 nitrogen and oxygen atoms in total. The summed E-state index contributed by atoms with van der Waals surface area (Å²) in [5.74, 6) is 7.64. The minimum atomic E-state index is 0.798. The van der Waals surface area contributed by atoms with E-state index in [9.17, 15) is 0 Å². The molecule has 1 aliphatic heterocycles. The van der Waals surface area contributed by atoms with Crippen LogP contribution < -0.4 is 5.32 Å². The van der Waals surface area contributed by atoms with Crippen LogP contribution in [0, 0.1) is 11.8 Å². The zero-order chi connectivity index (χ0) is 11.1. The monoisotopic (exact) mass is 231 g/mol. The molecule has 0 amide bonds. The van der Waals surface area contributed by atoms with Crippen LogP contribution in [0.5, 0.6) is 0 Å². The molecule has 1 atom stereocenters. The molecule has 1 heterocycles. The second-order valence-corrected chi connectivity index (χ2v) is 5.34.